The van der Waals surface area contributed by atoms with E-state index >= 15 is 0 Å². The zero-order chi connectivity index (χ0) is 18.0. The van der Waals surface area contributed by atoms with Crippen molar-refractivity contribution in [3.05, 3.63) is 47.4 Å². The van der Waals surface area contributed by atoms with Gasteiger partial charge < -0.3 is 4.90 Å². The van der Waals surface area contributed by atoms with Gasteiger partial charge in [0.05, 0.1) is 0 Å². The third kappa shape index (κ3) is 4.00. The molecule has 1 aromatic heterocycles. The van der Waals surface area contributed by atoms with E-state index in [2.05, 4.69) is 24.3 Å². The molecule has 0 aliphatic carbocycles. The minimum Gasteiger partial charge on any atom is -0.324 e. The van der Waals surface area contributed by atoms with E-state index in [4.69, 9.17) is 0 Å². The van der Waals surface area contributed by atoms with Crippen molar-refractivity contribution >= 4 is 11.8 Å². The lowest BCUT2D eigenvalue weighted by Crippen LogP contribution is -2.44. The molecule has 5 nitrogen and oxygen atoms in total. The third-order valence-corrected chi connectivity index (χ3v) is 4.85. The Morgan fingerprint density at radius 3 is 2.72 bits per heavy atom. The van der Waals surface area contributed by atoms with Gasteiger partial charge in [-0.2, -0.15) is 5.10 Å². The molecule has 0 saturated heterocycles. The van der Waals surface area contributed by atoms with Crippen LogP contribution in [-0.2, 0) is 19.4 Å². The highest BCUT2D eigenvalue weighted by atomic mass is 19.1. The van der Waals surface area contributed by atoms with Gasteiger partial charge in [-0.3, -0.25) is 10.00 Å². The fourth-order valence-electron chi connectivity index (χ4n) is 3.35. The Hall–Kier alpha value is -2.37. The standard InChI is InChI=1S/C19H25FN4O/c1-13(2)17(11-14-6-8-15(20)9-7-14)23(3)19(25)21-18-12-16-5-4-10-24(16)22-18/h6-9,12-13,17H,4-5,10-11H2,1-3H3,(H,21,22,25). The van der Waals surface area contributed by atoms with E-state index in [9.17, 15) is 9.18 Å². The largest absolute Gasteiger partial charge is 0.324 e. The molecular weight excluding hydrogens is 319 g/mol. The molecule has 1 atom stereocenters. The van der Waals surface area contributed by atoms with Crippen molar-refractivity contribution in [1.29, 1.82) is 0 Å². The summed E-state index contributed by atoms with van der Waals surface area (Å²) < 4.78 is 15.0. The van der Waals surface area contributed by atoms with Crippen LogP contribution in [0.2, 0.25) is 0 Å². The molecule has 3 rings (SSSR count). The van der Waals surface area contributed by atoms with Gasteiger partial charge in [0.1, 0.15) is 5.82 Å². The summed E-state index contributed by atoms with van der Waals surface area (Å²) in [6.45, 7) is 5.09. The molecule has 2 heterocycles. The summed E-state index contributed by atoms with van der Waals surface area (Å²) in [6.07, 6.45) is 2.81. The van der Waals surface area contributed by atoms with Crippen LogP contribution in [0.15, 0.2) is 30.3 Å². The first-order valence-electron chi connectivity index (χ1n) is 8.79. The van der Waals surface area contributed by atoms with Gasteiger partial charge in [0.25, 0.3) is 0 Å². The van der Waals surface area contributed by atoms with Gasteiger partial charge in [-0.15, -0.1) is 0 Å². The minimum atomic E-state index is -0.247. The summed E-state index contributed by atoms with van der Waals surface area (Å²) in [5, 5.41) is 7.32. The van der Waals surface area contributed by atoms with Crippen molar-refractivity contribution < 1.29 is 9.18 Å². The fraction of sp³-hybridized carbons (Fsp3) is 0.474. The first kappa shape index (κ1) is 17.5. The lowest BCUT2D eigenvalue weighted by atomic mass is 9.95. The van der Waals surface area contributed by atoms with Gasteiger partial charge in [0.15, 0.2) is 5.82 Å². The zero-order valence-corrected chi connectivity index (χ0v) is 15.0. The number of likely N-dealkylation sites (N-methyl/N-ethyl adjacent to an activating group) is 1. The summed E-state index contributed by atoms with van der Waals surface area (Å²) in [5.74, 6) is 0.632. The molecule has 6 heteroatoms. The maximum atomic E-state index is 13.1. The Kier molecular flexibility index (Phi) is 5.06. The normalized spacial score (nSPS) is 14.4. The van der Waals surface area contributed by atoms with Gasteiger partial charge >= 0.3 is 6.03 Å². The molecule has 1 N–H and O–H groups in total. The van der Waals surface area contributed by atoms with E-state index in [1.807, 2.05) is 10.7 Å². The maximum Gasteiger partial charge on any atom is 0.323 e. The second kappa shape index (κ2) is 7.25. The zero-order valence-electron chi connectivity index (χ0n) is 15.0. The smallest absolute Gasteiger partial charge is 0.323 e. The molecule has 2 amide bonds. The number of hydrogen-bond donors (Lipinski definition) is 1. The van der Waals surface area contributed by atoms with Crippen LogP contribution in [0.4, 0.5) is 15.0 Å². The average Bonchev–Trinajstić information content (AvgIpc) is 3.14. The van der Waals surface area contributed by atoms with E-state index < -0.39 is 0 Å². The number of nitrogens with one attached hydrogen (secondary N) is 1. The summed E-state index contributed by atoms with van der Waals surface area (Å²) in [7, 11) is 1.80. The average molecular weight is 344 g/mol. The van der Waals surface area contributed by atoms with Crippen LogP contribution in [0.3, 0.4) is 0 Å². The number of urea groups is 1. The maximum absolute atomic E-state index is 13.1. The molecule has 2 aromatic rings. The number of aryl methyl sites for hydroxylation is 2. The van der Waals surface area contributed by atoms with E-state index in [0.717, 1.165) is 24.9 Å². The molecule has 1 unspecified atom stereocenters. The predicted molar refractivity (Wildman–Crippen MR) is 96.1 cm³/mol. The Balaban J connectivity index is 1.67. The lowest BCUT2D eigenvalue weighted by molar-refractivity contribution is 0.185. The highest BCUT2D eigenvalue weighted by Gasteiger charge is 2.24. The summed E-state index contributed by atoms with van der Waals surface area (Å²) in [5.41, 5.74) is 2.19. The summed E-state index contributed by atoms with van der Waals surface area (Å²) >= 11 is 0. The highest BCUT2D eigenvalue weighted by Crippen LogP contribution is 2.20. The fourth-order valence-corrected chi connectivity index (χ4v) is 3.35. The van der Waals surface area contributed by atoms with Crippen LogP contribution in [-0.4, -0.2) is 33.8 Å². The van der Waals surface area contributed by atoms with Gasteiger partial charge in [0.2, 0.25) is 0 Å². The quantitative estimate of drug-likeness (QED) is 0.899. The number of rotatable bonds is 5. The van der Waals surface area contributed by atoms with Crippen LogP contribution >= 0.6 is 0 Å². The predicted octanol–water partition coefficient (Wildman–Crippen LogP) is 3.70. The summed E-state index contributed by atoms with van der Waals surface area (Å²) in [4.78, 5) is 14.4. The van der Waals surface area contributed by atoms with Crippen molar-refractivity contribution in [2.45, 2.75) is 45.7 Å². The molecule has 1 aliphatic rings. The molecule has 0 radical (unpaired) electrons. The summed E-state index contributed by atoms with van der Waals surface area (Å²) in [6, 6.07) is 8.26. The van der Waals surface area contributed by atoms with Crippen molar-refractivity contribution in [2.75, 3.05) is 12.4 Å². The first-order valence-corrected chi connectivity index (χ1v) is 8.79. The van der Waals surface area contributed by atoms with Crippen LogP contribution < -0.4 is 5.32 Å². The van der Waals surface area contributed by atoms with Crippen LogP contribution in [0.25, 0.3) is 0 Å². The molecule has 0 bridgehead atoms. The molecule has 1 aromatic carbocycles. The topological polar surface area (TPSA) is 50.2 Å². The molecule has 0 spiro atoms. The van der Waals surface area contributed by atoms with Gasteiger partial charge in [-0.25, -0.2) is 9.18 Å². The molecule has 25 heavy (non-hydrogen) atoms. The van der Waals surface area contributed by atoms with Gasteiger partial charge in [-0.1, -0.05) is 26.0 Å². The number of amides is 2. The van der Waals surface area contributed by atoms with E-state index in [-0.39, 0.29) is 23.8 Å². The number of benzene rings is 1. The van der Waals surface area contributed by atoms with E-state index in [1.54, 1.807) is 24.1 Å². The van der Waals surface area contributed by atoms with Crippen molar-refractivity contribution in [2.24, 2.45) is 5.92 Å². The Morgan fingerprint density at radius 1 is 1.36 bits per heavy atom. The van der Waals surface area contributed by atoms with E-state index in [0.29, 0.717) is 12.2 Å². The van der Waals surface area contributed by atoms with Crippen LogP contribution in [0.1, 0.15) is 31.5 Å². The number of halogens is 1. The molecule has 1 aliphatic heterocycles. The van der Waals surface area contributed by atoms with Crippen molar-refractivity contribution in [1.82, 2.24) is 14.7 Å². The third-order valence-electron chi connectivity index (χ3n) is 4.85. The number of carbonyl (C=O) groups excluding carboxylic acids is 1. The number of carbonyl (C=O) groups is 1. The van der Waals surface area contributed by atoms with Gasteiger partial charge in [-0.05, 0) is 42.9 Å². The van der Waals surface area contributed by atoms with Gasteiger partial charge in [0, 0.05) is 31.4 Å². The number of aromatic nitrogens is 2. The second-order valence-electron chi connectivity index (χ2n) is 7.03. The van der Waals surface area contributed by atoms with Crippen molar-refractivity contribution in [3.8, 4) is 0 Å². The van der Waals surface area contributed by atoms with Crippen molar-refractivity contribution in [3.63, 3.8) is 0 Å². The number of hydrogen-bond acceptors (Lipinski definition) is 2. The Bertz CT molecular complexity index is 717. The Morgan fingerprint density at radius 2 is 2.08 bits per heavy atom. The monoisotopic (exact) mass is 344 g/mol. The first-order chi connectivity index (χ1) is 11.9. The van der Waals surface area contributed by atoms with E-state index in [1.165, 1.54) is 17.8 Å². The van der Waals surface area contributed by atoms with Crippen LogP contribution in [0, 0.1) is 11.7 Å². The molecule has 0 fully saturated rings. The lowest BCUT2D eigenvalue weighted by Gasteiger charge is -2.31. The number of fused-ring (bicyclic) bond motifs is 1. The number of anilines is 1. The molecular formula is C19H25FN4O. The SMILES string of the molecule is CC(C)C(Cc1ccc(F)cc1)N(C)C(=O)Nc1cc2n(n1)CCC2. The van der Waals surface area contributed by atoms with Crippen LogP contribution in [0.5, 0.6) is 0 Å². The molecule has 134 valence electrons. The highest BCUT2D eigenvalue weighted by molar-refractivity contribution is 5.88. The second-order valence-corrected chi connectivity index (χ2v) is 7.03. The Labute approximate surface area is 147 Å². The number of nitrogens with zero attached hydrogens (tertiary/aromatic N) is 3. The molecule has 0 saturated carbocycles. The minimum absolute atomic E-state index is 0.0138.